The van der Waals surface area contributed by atoms with Crippen LogP contribution in [0.3, 0.4) is 0 Å². The third-order valence-corrected chi connectivity index (χ3v) is 5.95. The van der Waals surface area contributed by atoms with Gasteiger partial charge in [0.1, 0.15) is 10.6 Å². The van der Waals surface area contributed by atoms with Crippen molar-refractivity contribution in [2.75, 3.05) is 11.4 Å². The van der Waals surface area contributed by atoms with Crippen LogP contribution in [0.25, 0.3) is 10.2 Å². The van der Waals surface area contributed by atoms with E-state index in [1.165, 1.54) is 54.4 Å². The van der Waals surface area contributed by atoms with Crippen LogP contribution in [0.2, 0.25) is 5.28 Å². The minimum absolute atomic E-state index is 0.394. The Balaban J connectivity index is 1.93. The molecular weight excluding hydrogens is 290 g/mol. The summed E-state index contributed by atoms with van der Waals surface area (Å²) in [6.45, 7) is 3.39. The van der Waals surface area contributed by atoms with Crippen LogP contribution < -0.4 is 4.90 Å². The number of anilines is 1. The van der Waals surface area contributed by atoms with E-state index in [-0.39, 0.29) is 0 Å². The maximum Gasteiger partial charge on any atom is 0.225 e. The zero-order chi connectivity index (χ0) is 13.7. The van der Waals surface area contributed by atoms with Crippen LogP contribution >= 0.6 is 22.9 Å². The van der Waals surface area contributed by atoms with E-state index in [0.717, 1.165) is 17.2 Å². The number of rotatable bonds is 1. The molecule has 0 saturated carbocycles. The Kier molecular flexibility index (Phi) is 3.11. The molecule has 106 valence electrons. The highest BCUT2D eigenvalue weighted by molar-refractivity contribution is 7.19. The molecule has 0 radical (unpaired) electrons. The fraction of sp³-hybridized carbons (Fsp3) is 0.600. The molecule has 4 rings (SSSR count). The van der Waals surface area contributed by atoms with Crippen LogP contribution in [-0.4, -0.2) is 22.6 Å². The summed E-state index contributed by atoms with van der Waals surface area (Å²) in [6, 6.07) is 0.551. The second-order valence-electron chi connectivity index (χ2n) is 5.89. The Morgan fingerprint density at radius 3 is 2.95 bits per heavy atom. The van der Waals surface area contributed by atoms with E-state index in [1.54, 1.807) is 0 Å². The Bertz CT molecular complexity index is 667. The summed E-state index contributed by atoms with van der Waals surface area (Å²) < 4.78 is 0. The summed E-state index contributed by atoms with van der Waals surface area (Å²) >= 11 is 7.99. The first-order chi connectivity index (χ1) is 9.74. The molecule has 1 atom stereocenters. The Morgan fingerprint density at radius 2 is 2.10 bits per heavy atom. The van der Waals surface area contributed by atoms with Crippen molar-refractivity contribution in [2.45, 2.75) is 51.5 Å². The van der Waals surface area contributed by atoms with E-state index in [1.807, 2.05) is 11.3 Å². The molecule has 1 aliphatic carbocycles. The molecule has 0 N–H and O–H groups in total. The van der Waals surface area contributed by atoms with Crippen molar-refractivity contribution in [3.63, 3.8) is 0 Å². The molecule has 0 spiro atoms. The number of aromatic nitrogens is 2. The van der Waals surface area contributed by atoms with E-state index in [4.69, 9.17) is 11.6 Å². The third-order valence-electron chi connectivity index (χ3n) is 4.59. The first kappa shape index (κ1) is 12.8. The number of hydrogen-bond donors (Lipinski definition) is 0. The summed E-state index contributed by atoms with van der Waals surface area (Å²) in [4.78, 5) is 14.1. The summed E-state index contributed by atoms with van der Waals surface area (Å²) in [5, 5.41) is 1.69. The lowest BCUT2D eigenvalue weighted by Crippen LogP contribution is -2.38. The van der Waals surface area contributed by atoms with Gasteiger partial charge >= 0.3 is 0 Å². The molecule has 1 saturated heterocycles. The number of piperidine rings is 1. The van der Waals surface area contributed by atoms with Crippen LogP contribution in [0, 0.1) is 0 Å². The van der Waals surface area contributed by atoms with Crippen molar-refractivity contribution in [3.05, 3.63) is 15.7 Å². The monoisotopic (exact) mass is 307 g/mol. The van der Waals surface area contributed by atoms with Crippen LogP contribution in [0.5, 0.6) is 0 Å². The standard InChI is InChI=1S/C15H18ClN3S/c1-9-5-2-3-8-19(9)13-12-10-6-4-7-11(10)20-14(12)18-15(16)17-13/h9H,2-8H2,1H3. The number of nitrogens with zero attached hydrogens (tertiary/aromatic N) is 3. The second kappa shape index (κ2) is 4.85. The SMILES string of the molecule is CC1CCCCN1c1nc(Cl)nc2sc3c(c12)CCC3. The summed E-state index contributed by atoms with van der Waals surface area (Å²) in [5.41, 5.74) is 1.49. The maximum atomic E-state index is 6.17. The molecule has 0 aromatic carbocycles. The molecule has 20 heavy (non-hydrogen) atoms. The van der Waals surface area contributed by atoms with Gasteiger partial charge in [0, 0.05) is 17.5 Å². The van der Waals surface area contributed by atoms with Gasteiger partial charge in [0.15, 0.2) is 0 Å². The van der Waals surface area contributed by atoms with Gasteiger partial charge in [-0.15, -0.1) is 11.3 Å². The molecule has 0 amide bonds. The minimum atomic E-state index is 0.394. The zero-order valence-electron chi connectivity index (χ0n) is 11.7. The molecule has 3 nitrogen and oxygen atoms in total. The smallest absolute Gasteiger partial charge is 0.225 e. The van der Waals surface area contributed by atoms with E-state index < -0.39 is 0 Å². The van der Waals surface area contributed by atoms with E-state index in [9.17, 15) is 0 Å². The lowest BCUT2D eigenvalue weighted by molar-refractivity contribution is 0.482. The number of fused-ring (bicyclic) bond motifs is 3. The molecule has 3 heterocycles. The van der Waals surface area contributed by atoms with Gasteiger partial charge in [0.2, 0.25) is 5.28 Å². The van der Waals surface area contributed by atoms with E-state index in [2.05, 4.69) is 21.8 Å². The van der Waals surface area contributed by atoms with Gasteiger partial charge in [0.05, 0.1) is 5.39 Å². The molecule has 5 heteroatoms. The van der Waals surface area contributed by atoms with Crippen molar-refractivity contribution in [1.29, 1.82) is 0 Å². The normalized spacial score (nSPS) is 22.5. The molecule has 1 fully saturated rings. The predicted octanol–water partition coefficient (Wildman–Crippen LogP) is 4.21. The topological polar surface area (TPSA) is 29.0 Å². The van der Waals surface area contributed by atoms with Crippen LogP contribution in [0.15, 0.2) is 0 Å². The van der Waals surface area contributed by atoms with Crippen molar-refractivity contribution < 1.29 is 0 Å². The van der Waals surface area contributed by atoms with E-state index in [0.29, 0.717) is 11.3 Å². The lowest BCUT2D eigenvalue weighted by Gasteiger charge is -2.35. The first-order valence-corrected chi connectivity index (χ1v) is 8.68. The summed E-state index contributed by atoms with van der Waals surface area (Å²) in [6.07, 6.45) is 7.46. The van der Waals surface area contributed by atoms with Gasteiger partial charge in [-0.05, 0) is 62.6 Å². The van der Waals surface area contributed by atoms with Gasteiger partial charge in [0.25, 0.3) is 0 Å². The van der Waals surface area contributed by atoms with Gasteiger partial charge in [-0.2, -0.15) is 4.98 Å². The Morgan fingerprint density at radius 1 is 1.20 bits per heavy atom. The maximum absolute atomic E-state index is 6.17. The molecule has 1 unspecified atom stereocenters. The summed E-state index contributed by atoms with van der Waals surface area (Å²) in [5.74, 6) is 1.09. The first-order valence-electron chi connectivity index (χ1n) is 7.48. The minimum Gasteiger partial charge on any atom is -0.353 e. The van der Waals surface area contributed by atoms with Crippen LogP contribution in [0.1, 0.15) is 43.0 Å². The predicted molar refractivity (Wildman–Crippen MR) is 85.1 cm³/mol. The number of thiophene rings is 1. The van der Waals surface area contributed by atoms with Gasteiger partial charge in [-0.3, -0.25) is 0 Å². The van der Waals surface area contributed by atoms with Crippen molar-refractivity contribution in [3.8, 4) is 0 Å². The summed E-state index contributed by atoms with van der Waals surface area (Å²) in [7, 11) is 0. The van der Waals surface area contributed by atoms with Gasteiger partial charge < -0.3 is 4.90 Å². The largest absolute Gasteiger partial charge is 0.353 e. The second-order valence-corrected chi connectivity index (χ2v) is 7.31. The Hall–Kier alpha value is -0.870. The highest BCUT2D eigenvalue weighted by atomic mass is 35.5. The number of halogens is 1. The highest BCUT2D eigenvalue weighted by Gasteiger charge is 2.27. The van der Waals surface area contributed by atoms with Crippen molar-refractivity contribution in [2.24, 2.45) is 0 Å². The molecule has 2 aromatic heterocycles. The molecule has 0 bridgehead atoms. The number of hydrogen-bond acceptors (Lipinski definition) is 4. The highest BCUT2D eigenvalue weighted by Crippen LogP contribution is 2.42. The van der Waals surface area contributed by atoms with Crippen molar-refractivity contribution in [1.82, 2.24) is 9.97 Å². The third kappa shape index (κ3) is 1.92. The van der Waals surface area contributed by atoms with Gasteiger partial charge in [-0.25, -0.2) is 4.98 Å². The van der Waals surface area contributed by atoms with Gasteiger partial charge in [-0.1, -0.05) is 0 Å². The molecule has 1 aliphatic heterocycles. The van der Waals surface area contributed by atoms with Crippen LogP contribution in [0.4, 0.5) is 5.82 Å². The quantitative estimate of drug-likeness (QED) is 0.739. The van der Waals surface area contributed by atoms with Crippen LogP contribution in [-0.2, 0) is 12.8 Å². The number of aryl methyl sites for hydroxylation is 2. The fourth-order valence-corrected chi connectivity index (χ4v) is 5.04. The van der Waals surface area contributed by atoms with E-state index >= 15 is 0 Å². The molecule has 2 aromatic rings. The lowest BCUT2D eigenvalue weighted by atomic mass is 10.0. The fourth-order valence-electron chi connectivity index (χ4n) is 3.57. The van der Waals surface area contributed by atoms with Crippen molar-refractivity contribution >= 4 is 39.0 Å². The molecule has 2 aliphatic rings. The molecular formula is C15H18ClN3S. The Labute approximate surface area is 128 Å². The average molecular weight is 308 g/mol. The average Bonchev–Trinajstić information content (AvgIpc) is 2.98. The zero-order valence-corrected chi connectivity index (χ0v) is 13.2.